The highest BCUT2D eigenvalue weighted by molar-refractivity contribution is 7.99. The van der Waals surface area contributed by atoms with Gasteiger partial charge in [0.25, 0.3) is 0 Å². The maximum Gasteiger partial charge on any atom is 0.336 e. The Labute approximate surface area is 197 Å². The van der Waals surface area contributed by atoms with E-state index in [1.165, 1.54) is 11.8 Å². The molecule has 1 heterocycles. The van der Waals surface area contributed by atoms with Gasteiger partial charge in [-0.05, 0) is 35.4 Å². The van der Waals surface area contributed by atoms with Crippen molar-refractivity contribution in [2.24, 2.45) is 5.92 Å². The third-order valence-corrected chi connectivity index (χ3v) is 6.99. The number of carboxylic acid groups (broad SMARTS) is 1. The first-order valence-electron chi connectivity index (χ1n) is 10.8. The Balaban J connectivity index is 1.61. The Morgan fingerprint density at radius 3 is 2.45 bits per heavy atom. The van der Waals surface area contributed by atoms with E-state index in [0.717, 1.165) is 16.7 Å². The Kier molecular flexibility index (Phi) is 7.35. The van der Waals surface area contributed by atoms with Crippen LogP contribution in [0.4, 0.5) is 5.69 Å². The van der Waals surface area contributed by atoms with Gasteiger partial charge in [-0.1, -0.05) is 55.5 Å². The van der Waals surface area contributed by atoms with Gasteiger partial charge in [-0.15, -0.1) is 11.8 Å². The molecule has 3 aromatic rings. The van der Waals surface area contributed by atoms with E-state index < -0.39 is 12.3 Å². The van der Waals surface area contributed by atoms with Gasteiger partial charge in [0.15, 0.2) is 6.29 Å². The molecule has 3 aromatic carbocycles. The van der Waals surface area contributed by atoms with Crippen molar-refractivity contribution in [3.63, 3.8) is 0 Å². The molecule has 33 heavy (non-hydrogen) atoms. The second-order valence-corrected chi connectivity index (χ2v) is 9.17. The quantitative estimate of drug-likeness (QED) is 0.332. The Morgan fingerprint density at radius 2 is 1.76 bits per heavy atom. The minimum atomic E-state index is -0.946. The van der Waals surface area contributed by atoms with E-state index in [0.29, 0.717) is 16.3 Å². The van der Waals surface area contributed by atoms with E-state index in [9.17, 15) is 15.0 Å². The second kappa shape index (κ2) is 10.4. The molecule has 7 heteroatoms. The van der Waals surface area contributed by atoms with Crippen LogP contribution in [0.1, 0.15) is 46.4 Å². The highest BCUT2D eigenvalue weighted by Crippen LogP contribution is 2.43. The first-order valence-corrected chi connectivity index (χ1v) is 11.8. The number of thioether (sulfide) groups is 1. The van der Waals surface area contributed by atoms with Gasteiger partial charge in [0.1, 0.15) is 0 Å². The third-order valence-electron chi connectivity index (χ3n) is 5.83. The molecule has 0 spiro atoms. The molecular weight excluding hydrogens is 438 g/mol. The largest absolute Gasteiger partial charge is 0.478 e. The van der Waals surface area contributed by atoms with Crippen LogP contribution in [0.3, 0.4) is 0 Å². The highest BCUT2D eigenvalue weighted by atomic mass is 32.2. The number of benzene rings is 3. The summed E-state index contributed by atoms with van der Waals surface area (Å²) in [6.07, 6.45) is -1.04. The van der Waals surface area contributed by atoms with E-state index in [1.807, 2.05) is 60.7 Å². The molecule has 0 amide bonds. The lowest BCUT2D eigenvalue weighted by molar-refractivity contribution is -0.268. The minimum Gasteiger partial charge on any atom is -0.478 e. The van der Waals surface area contributed by atoms with E-state index in [1.54, 1.807) is 12.1 Å². The predicted molar refractivity (Wildman–Crippen MR) is 128 cm³/mol. The van der Waals surface area contributed by atoms with Crippen molar-refractivity contribution in [2.45, 2.75) is 36.9 Å². The zero-order valence-electron chi connectivity index (χ0n) is 18.3. The Bertz CT molecular complexity index is 1100. The zero-order valence-corrected chi connectivity index (χ0v) is 19.1. The molecule has 6 nitrogen and oxygen atoms in total. The fourth-order valence-corrected chi connectivity index (χ4v) is 5.17. The summed E-state index contributed by atoms with van der Waals surface area (Å²) in [6.45, 7) is 2.06. The third kappa shape index (κ3) is 5.39. The van der Waals surface area contributed by atoms with Gasteiger partial charge in [-0.3, -0.25) is 0 Å². The van der Waals surface area contributed by atoms with Gasteiger partial charge in [-0.2, -0.15) is 0 Å². The summed E-state index contributed by atoms with van der Waals surface area (Å²) in [5, 5.41) is 18.9. The van der Waals surface area contributed by atoms with Crippen LogP contribution in [0.15, 0.2) is 77.7 Å². The van der Waals surface area contributed by atoms with E-state index in [2.05, 4.69) is 6.92 Å². The Morgan fingerprint density at radius 1 is 1.00 bits per heavy atom. The zero-order chi connectivity index (χ0) is 23.4. The number of carboxylic acids is 1. The molecule has 1 aliphatic heterocycles. The summed E-state index contributed by atoms with van der Waals surface area (Å²) in [5.41, 5.74) is 9.57. The van der Waals surface area contributed by atoms with Crippen molar-refractivity contribution in [1.29, 1.82) is 0 Å². The van der Waals surface area contributed by atoms with Crippen molar-refractivity contribution in [2.75, 3.05) is 11.5 Å². The van der Waals surface area contributed by atoms with Crippen LogP contribution in [0.25, 0.3) is 0 Å². The molecule has 4 atom stereocenters. The standard InChI is InChI=1S/C26H27NO5S/c1-16-22(15-33-23-8-3-2-7-21(23)25(29)30)31-26(19-5-4-6-20(27)13-19)32-24(16)18-11-9-17(14-28)10-12-18/h2-13,16,22,24,26,28H,14-15,27H2,1H3,(H,29,30). The van der Waals surface area contributed by atoms with Crippen molar-refractivity contribution >= 4 is 23.4 Å². The number of carbonyl (C=O) groups is 1. The van der Waals surface area contributed by atoms with Gasteiger partial charge < -0.3 is 25.4 Å². The van der Waals surface area contributed by atoms with Crippen LogP contribution >= 0.6 is 11.8 Å². The summed E-state index contributed by atoms with van der Waals surface area (Å²) >= 11 is 1.47. The lowest BCUT2D eigenvalue weighted by atomic mass is 9.91. The number of ether oxygens (including phenoxy) is 2. The summed E-state index contributed by atoms with van der Waals surface area (Å²) in [4.78, 5) is 12.3. The molecule has 0 bridgehead atoms. The molecule has 1 fully saturated rings. The lowest BCUT2D eigenvalue weighted by Gasteiger charge is -2.41. The Hall–Kier alpha value is -2.84. The van der Waals surface area contributed by atoms with Gasteiger partial charge in [0.2, 0.25) is 0 Å². The number of anilines is 1. The molecule has 4 N–H and O–H groups in total. The minimum absolute atomic E-state index is 0.00627. The topological polar surface area (TPSA) is 102 Å². The van der Waals surface area contributed by atoms with Crippen LogP contribution in [0, 0.1) is 5.92 Å². The number of hydrogen-bond acceptors (Lipinski definition) is 6. The van der Waals surface area contributed by atoms with E-state index >= 15 is 0 Å². The van der Waals surface area contributed by atoms with Gasteiger partial charge in [0.05, 0.1) is 24.4 Å². The first kappa shape index (κ1) is 23.3. The number of nitrogens with two attached hydrogens (primary N) is 1. The predicted octanol–water partition coefficient (Wildman–Crippen LogP) is 5.04. The van der Waals surface area contributed by atoms with E-state index in [-0.39, 0.29) is 30.3 Å². The molecular formula is C26H27NO5S. The van der Waals surface area contributed by atoms with Gasteiger partial charge in [0, 0.05) is 27.8 Å². The molecule has 4 unspecified atom stereocenters. The highest BCUT2D eigenvalue weighted by Gasteiger charge is 2.38. The summed E-state index contributed by atoms with van der Waals surface area (Å²) < 4.78 is 12.8. The van der Waals surface area contributed by atoms with Gasteiger partial charge >= 0.3 is 5.97 Å². The normalized spacial score (nSPS) is 22.7. The van der Waals surface area contributed by atoms with Gasteiger partial charge in [-0.25, -0.2) is 4.79 Å². The molecule has 1 aliphatic rings. The van der Waals surface area contributed by atoms with E-state index in [4.69, 9.17) is 15.2 Å². The van der Waals surface area contributed by atoms with Crippen LogP contribution in [0.2, 0.25) is 0 Å². The lowest BCUT2D eigenvalue weighted by Crippen LogP contribution is -2.38. The molecule has 0 aliphatic carbocycles. The number of aliphatic hydroxyl groups is 1. The van der Waals surface area contributed by atoms with Crippen LogP contribution < -0.4 is 5.73 Å². The average Bonchev–Trinajstić information content (AvgIpc) is 2.83. The molecule has 1 saturated heterocycles. The fraction of sp³-hybridized carbons (Fsp3) is 0.269. The van der Waals surface area contributed by atoms with Crippen LogP contribution in [-0.4, -0.2) is 28.0 Å². The number of rotatable bonds is 7. The van der Waals surface area contributed by atoms with Crippen LogP contribution in [0.5, 0.6) is 0 Å². The summed E-state index contributed by atoms with van der Waals surface area (Å²) in [7, 11) is 0. The first-order chi connectivity index (χ1) is 16.0. The molecule has 4 rings (SSSR count). The summed E-state index contributed by atoms with van der Waals surface area (Å²) in [5.74, 6) is -0.371. The van der Waals surface area contributed by atoms with Crippen molar-refractivity contribution in [3.05, 3.63) is 95.1 Å². The SMILES string of the molecule is CC1C(CSc2ccccc2C(=O)O)OC(c2cccc(N)c2)OC1c1ccc(CO)cc1. The van der Waals surface area contributed by atoms with Crippen molar-refractivity contribution < 1.29 is 24.5 Å². The second-order valence-electron chi connectivity index (χ2n) is 8.10. The molecule has 172 valence electrons. The smallest absolute Gasteiger partial charge is 0.336 e. The molecule has 0 radical (unpaired) electrons. The maximum atomic E-state index is 11.6. The number of nitrogen functional groups attached to an aromatic ring is 1. The number of hydrogen-bond donors (Lipinski definition) is 3. The molecule has 0 aromatic heterocycles. The number of aromatic carboxylic acids is 1. The summed E-state index contributed by atoms with van der Waals surface area (Å²) in [6, 6.07) is 22.2. The van der Waals surface area contributed by atoms with Crippen molar-refractivity contribution in [3.8, 4) is 0 Å². The fourth-order valence-electron chi connectivity index (χ4n) is 3.96. The van der Waals surface area contributed by atoms with Crippen LogP contribution in [-0.2, 0) is 16.1 Å². The number of aliphatic hydroxyl groups excluding tert-OH is 1. The van der Waals surface area contributed by atoms with Crippen molar-refractivity contribution in [1.82, 2.24) is 0 Å². The maximum absolute atomic E-state index is 11.6. The molecule has 0 saturated carbocycles. The average molecular weight is 466 g/mol. The monoisotopic (exact) mass is 465 g/mol.